The summed E-state index contributed by atoms with van der Waals surface area (Å²) in [6, 6.07) is 8.42. The van der Waals surface area contributed by atoms with Gasteiger partial charge in [0.1, 0.15) is 5.82 Å². The lowest BCUT2D eigenvalue weighted by Crippen LogP contribution is -2.08. The highest BCUT2D eigenvalue weighted by Gasteiger charge is 2.19. The van der Waals surface area contributed by atoms with Crippen LogP contribution in [0, 0.1) is 5.82 Å². The molecule has 154 valence electrons. The van der Waals surface area contributed by atoms with Crippen LogP contribution < -0.4 is 11.1 Å². The molecule has 11 heteroatoms. The van der Waals surface area contributed by atoms with Crippen molar-refractivity contribution in [2.24, 2.45) is 5.73 Å². The number of nitrogens with one attached hydrogen (secondary N) is 1. The zero-order valence-corrected chi connectivity index (χ0v) is 17.1. The predicted molar refractivity (Wildman–Crippen MR) is 111 cm³/mol. The van der Waals surface area contributed by atoms with Crippen LogP contribution in [-0.2, 0) is 14.6 Å². The van der Waals surface area contributed by atoms with E-state index < -0.39 is 21.6 Å². The van der Waals surface area contributed by atoms with Crippen LogP contribution in [0.4, 0.5) is 15.8 Å². The Bertz CT molecular complexity index is 1260. The molecule has 0 aliphatic rings. The predicted octanol–water partition coefficient (Wildman–Crippen LogP) is 2.98. The maximum absolute atomic E-state index is 14.2. The van der Waals surface area contributed by atoms with E-state index in [1.807, 2.05) is 0 Å². The molecular formula is C19H15ClFN5O3S. The number of benzene rings is 1. The summed E-state index contributed by atoms with van der Waals surface area (Å²) in [5.41, 5.74) is 6.17. The summed E-state index contributed by atoms with van der Waals surface area (Å²) in [4.78, 5) is 15.0. The summed E-state index contributed by atoms with van der Waals surface area (Å²) in [6.45, 7) is 0. The molecular weight excluding hydrogens is 433 g/mol. The maximum Gasteiger partial charge on any atom is 0.241 e. The Kier molecular flexibility index (Phi) is 6.09. The second-order valence-electron chi connectivity index (χ2n) is 6.17. The van der Waals surface area contributed by atoms with Gasteiger partial charge >= 0.3 is 0 Å². The minimum Gasteiger partial charge on any atom is -0.366 e. The minimum atomic E-state index is -3.75. The Morgan fingerprint density at radius 3 is 2.67 bits per heavy atom. The number of amides is 1. The Hall–Kier alpha value is -3.37. The fraction of sp³-hybridized carbons (Fsp3) is 0.0526. The molecule has 0 aliphatic carbocycles. The van der Waals surface area contributed by atoms with E-state index in [4.69, 9.17) is 17.3 Å². The third-order valence-corrected chi connectivity index (χ3v) is 5.03. The molecule has 0 unspecified atom stereocenters. The molecule has 1 amide bonds. The molecule has 0 radical (unpaired) electrons. The van der Waals surface area contributed by atoms with E-state index in [1.165, 1.54) is 36.5 Å². The molecule has 0 saturated heterocycles. The van der Waals surface area contributed by atoms with Gasteiger partial charge in [0.2, 0.25) is 10.9 Å². The molecule has 30 heavy (non-hydrogen) atoms. The van der Waals surface area contributed by atoms with E-state index in [0.717, 1.165) is 12.3 Å². The van der Waals surface area contributed by atoms with Crippen molar-refractivity contribution in [3.63, 3.8) is 0 Å². The number of hydrogen-bond acceptors (Lipinski definition) is 7. The number of hydrogen-bond donors (Lipinski definition) is 2. The highest BCUT2D eigenvalue weighted by Crippen LogP contribution is 2.30. The second-order valence-corrected chi connectivity index (χ2v) is 8.54. The van der Waals surface area contributed by atoms with E-state index >= 15 is 0 Å². The third kappa shape index (κ3) is 5.16. The lowest BCUT2D eigenvalue weighted by molar-refractivity contribution is -0.113. The first-order chi connectivity index (χ1) is 14.1. The largest absolute Gasteiger partial charge is 0.366 e. The van der Waals surface area contributed by atoms with Crippen LogP contribution in [0.3, 0.4) is 0 Å². The molecule has 2 aromatic heterocycles. The van der Waals surface area contributed by atoms with E-state index in [-0.39, 0.29) is 27.0 Å². The van der Waals surface area contributed by atoms with Crippen molar-refractivity contribution >= 4 is 44.8 Å². The van der Waals surface area contributed by atoms with Crippen LogP contribution in [0.5, 0.6) is 0 Å². The number of anilines is 2. The summed E-state index contributed by atoms with van der Waals surface area (Å²) < 4.78 is 38.5. The average Bonchev–Trinajstić information content (AvgIpc) is 2.67. The molecule has 0 atom stereocenters. The van der Waals surface area contributed by atoms with Crippen LogP contribution in [0.25, 0.3) is 17.3 Å². The number of pyridine rings is 1. The van der Waals surface area contributed by atoms with Gasteiger partial charge in [-0.3, -0.25) is 9.78 Å². The Balaban J connectivity index is 2.07. The molecule has 3 N–H and O–H groups in total. The number of carbonyl (C=O) groups is 1. The number of carbonyl (C=O) groups excluding carboxylic acids is 1. The molecule has 3 rings (SSSR count). The number of rotatable bonds is 6. The summed E-state index contributed by atoms with van der Waals surface area (Å²) >= 11 is 5.94. The van der Waals surface area contributed by atoms with Gasteiger partial charge in [-0.05, 0) is 42.5 Å². The fourth-order valence-corrected chi connectivity index (χ4v) is 3.38. The van der Waals surface area contributed by atoms with Crippen LogP contribution in [-0.4, -0.2) is 35.8 Å². The number of sulfone groups is 1. The van der Waals surface area contributed by atoms with Gasteiger partial charge in [0.15, 0.2) is 9.84 Å². The van der Waals surface area contributed by atoms with Crippen LogP contribution >= 0.6 is 11.6 Å². The summed E-state index contributed by atoms with van der Waals surface area (Å²) in [5.74, 6) is -1.23. The molecule has 0 aliphatic heterocycles. The van der Waals surface area contributed by atoms with Crippen molar-refractivity contribution in [3.05, 3.63) is 65.2 Å². The third-order valence-electron chi connectivity index (χ3n) is 3.79. The number of primary amides is 1. The topological polar surface area (TPSA) is 128 Å². The Labute approximate surface area is 176 Å². The standard InChI is InChI=1S/C19H15ClFN5O3S/c1-30(28,29)19-17(24-13-6-7-23-12(9-13)3-5-18(22)27)10-16(25-26-19)14-8-11(20)2-4-15(14)21/h2-10H,1H3,(H2,22,27)(H,23,24,25). The lowest BCUT2D eigenvalue weighted by atomic mass is 10.1. The van der Waals surface area contributed by atoms with Crippen molar-refractivity contribution in [3.8, 4) is 11.3 Å². The molecule has 0 spiro atoms. The first-order valence-electron chi connectivity index (χ1n) is 8.37. The van der Waals surface area contributed by atoms with Crippen molar-refractivity contribution < 1.29 is 17.6 Å². The van der Waals surface area contributed by atoms with Gasteiger partial charge in [-0.25, -0.2) is 12.8 Å². The molecule has 0 fully saturated rings. The van der Waals surface area contributed by atoms with E-state index in [2.05, 4.69) is 20.5 Å². The Morgan fingerprint density at radius 2 is 1.97 bits per heavy atom. The average molecular weight is 448 g/mol. The molecule has 2 heterocycles. The second kappa shape index (κ2) is 8.56. The molecule has 0 saturated carbocycles. The van der Waals surface area contributed by atoms with Gasteiger partial charge in [-0.2, -0.15) is 0 Å². The first kappa shape index (κ1) is 21.3. The minimum absolute atomic E-state index is 0.0675. The normalized spacial score (nSPS) is 11.6. The van der Waals surface area contributed by atoms with Gasteiger partial charge in [0, 0.05) is 34.8 Å². The number of aromatic nitrogens is 3. The van der Waals surface area contributed by atoms with E-state index in [0.29, 0.717) is 11.4 Å². The van der Waals surface area contributed by atoms with Crippen LogP contribution in [0.2, 0.25) is 5.02 Å². The zero-order valence-electron chi connectivity index (χ0n) is 15.5. The summed E-state index contributed by atoms with van der Waals surface area (Å²) in [6.07, 6.45) is 4.98. The van der Waals surface area contributed by atoms with Gasteiger partial charge in [0.25, 0.3) is 0 Å². The summed E-state index contributed by atoms with van der Waals surface area (Å²) in [7, 11) is -3.75. The van der Waals surface area contributed by atoms with Crippen molar-refractivity contribution in [1.29, 1.82) is 0 Å². The van der Waals surface area contributed by atoms with Crippen LogP contribution in [0.1, 0.15) is 5.69 Å². The smallest absolute Gasteiger partial charge is 0.241 e. The van der Waals surface area contributed by atoms with Gasteiger partial charge < -0.3 is 11.1 Å². The van der Waals surface area contributed by atoms with Gasteiger partial charge in [-0.15, -0.1) is 10.2 Å². The van der Waals surface area contributed by atoms with Gasteiger partial charge in [0.05, 0.1) is 17.1 Å². The Morgan fingerprint density at radius 1 is 1.20 bits per heavy atom. The van der Waals surface area contributed by atoms with E-state index in [1.54, 1.807) is 12.1 Å². The quantitative estimate of drug-likeness (QED) is 0.556. The lowest BCUT2D eigenvalue weighted by Gasteiger charge is -2.12. The molecule has 8 nitrogen and oxygen atoms in total. The van der Waals surface area contributed by atoms with Crippen molar-refractivity contribution in [1.82, 2.24) is 15.2 Å². The maximum atomic E-state index is 14.2. The van der Waals surface area contributed by atoms with Crippen molar-refractivity contribution in [2.45, 2.75) is 5.03 Å². The number of nitrogens with zero attached hydrogens (tertiary/aromatic N) is 3. The highest BCUT2D eigenvalue weighted by atomic mass is 35.5. The molecule has 1 aromatic carbocycles. The first-order valence-corrected chi connectivity index (χ1v) is 10.6. The number of nitrogens with two attached hydrogens (primary N) is 1. The zero-order chi connectivity index (χ0) is 21.9. The fourth-order valence-electron chi connectivity index (χ4n) is 2.51. The van der Waals surface area contributed by atoms with Crippen molar-refractivity contribution in [2.75, 3.05) is 11.6 Å². The molecule has 0 bridgehead atoms. The SMILES string of the molecule is CS(=O)(=O)c1nnc(-c2cc(Cl)ccc2F)cc1Nc1ccnc(C=CC(N)=O)c1. The highest BCUT2D eigenvalue weighted by molar-refractivity contribution is 7.90. The van der Waals surface area contributed by atoms with Gasteiger partial charge in [-0.1, -0.05) is 11.6 Å². The summed E-state index contributed by atoms with van der Waals surface area (Å²) in [5, 5.41) is 10.5. The monoisotopic (exact) mass is 447 g/mol. The number of halogens is 2. The van der Waals surface area contributed by atoms with Crippen LogP contribution in [0.15, 0.2) is 53.7 Å². The van der Waals surface area contributed by atoms with E-state index in [9.17, 15) is 17.6 Å². The molecule has 3 aromatic rings.